The largest absolute Gasteiger partial charge is 0.333 e. The lowest BCUT2D eigenvalue weighted by molar-refractivity contribution is -0.120. The summed E-state index contributed by atoms with van der Waals surface area (Å²) in [5.74, 6) is 0.582. The zero-order valence-electron chi connectivity index (χ0n) is 12.1. The molecule has 0 bridgehead atoms. The first-order valence-corrected chi connectivity index (χ1v) is 7.68. The molecular weight excluding hydrogens is 266 g/mol. The van der Waals surface area contributed by atoms with Crippen LogP contribution in [0.3, 0.4) is 0 Å². The number of nitrogens with one attached hydrogen (secondary N) is 2. The van der Waals surface area contributed by atoms with E-state index in [1.54, 1.807) is 4.90 Å². The van der Waals surface area contributed by atoms with Crippen LogP contribution in [0.15, 0.2) is 18.2 Å². The van der Waals surface area contributed by atoms with Gasteiger partial charge in [-0.15, -0.1) is 0 Å². The highest BCUT2D eigenvalue weighted by Gasteiger charge is 2.44. The zero-order valence-corrected chi connectivity index (χ0v) is 12.1. The van der Waals surface area contributed by atoms with Crippen LogP contribution in [0.4, 0.5) is 10.5 Å². The van der Waals surface area contributed by atoms with Crippen LogP contribution in [0.1, 0.15) is 43.2 Å². The van der Waals surface area contributed by atoms with E-state index < -0.39 is 6.04 Å². The van der Waals surface area contributed by atoms with Crippen molar-refractivity contribution in [2.24, 2.45) is 0 Å². The van der Waals surface area contributed by atoms with E-state index in [0.29, 0.717) is 12.5 Å². The van der Waals surface area contributed by atoms with Gasteiger partial charge >= 0.3 is 6.03 Å². The Bertz CT molecular complexity index is 624. The summed E-state index contributed by atoms with van der Waals surface area (Å²) in [5.41, 5.74) is 3.22. The topological polar surface area (TPSA) is 61.4 Å². The Morgan fingerprint density at radius 3 is 2.81 bits per heavy atom. The zero-order chi connectivity index (χ0) is 14.6. The van der Waals surface area contributed by atoms with Crippen LogP contribution in [0.25, 0.3) is 0 Å². The minimum atomic E-state index is -0.403. The Kier molecular flexibility index (Phi) is 2.71. The molecule has 1 aromatic carbocycles. The van der Waals surface area contributed by atoms with E-state index >= 15 is 0 Å². The molecule has 1 aromatic rings. The normalized spacial score (nSPS) is 27.6. The van der Waals surface area contributed by atoms with Gasteiger partial charge in [-0.2, -0.15) is 0 Å². The van der Waals surface area contributed by atoms with Crippen molar-refractivity contribution in [2.75, 3.05) is 5.32 Å². The van der Waals surface area contributed by atoms with Gasteiger partial charge in [0.2, 0.25) is 5.91 Å². The third-order valence-corrected chi connectivity index (χ3v) is 4.77. The molecule has 0 aromatic heterocycles. The number of amides is 3. The molecule has 4 rings (SSSR count). The Balaban J connectivity index is 1.72. The van der Waals surface area contributed by atoms with Crippen LogP contribution in [0.2, 0.25) is 0 Å². The van der Waals surface area contributed by atoms with E-state index in [1.807, 2.05) is 13.0 Å². The average molecular weight is 285 g/mol. The number of carbonyl (C=O) groups is 2. The lowest BCUT2D eigenvalue weighted by Gasteiger charge is -2.21. The van der Waals surface area contributed by atoms with Gasteiger partial charge in [-0.3, -0.25) is 4.79 Å². The van der Waals surface area contributed by atoms with Crippen molar-refractivity contribution in [2.45, 2.75) is 50.7 Å². The van der Waals surface area contributed by atoms with Crippen molar-refractivity contribution < 1.29 is 9.59 Å². The third-order valence-electron chi connectivity index (χ3n) is 4.77. The maximum atomic E-state index is 12.5. The first kappa shape index (κ1) is 12.7. The molecule has 1 saturated carbocycles. The number of anilines is 1. The van der Waals surface area contributed by atoms with Crippen molar-refractivity contribution in [3.8, 4) is 0 Å². The van der Waals surface area contributed by atoms with Gasteiger partial charge in [-0.05, 0) is 42.4 Å². The summed E-state index contributed by atoms with van der Waals surface area (Å²) in [6.07, 6.45) is 3.25. The van der Waals surface area contributed by atoms with Crippen LogP contribution in [-0.2, 0) is 11.3 Å². The second kappa shape index (κ2) is 4.48. The Morgan fingerprint density at radius 2 is 2.10 bits per heavy atom. The van der Waals surface area contributed by atoms with Gasteiger partial charge in [0.05, 0.1) is 12.6 Å². The van der Waals surface area contributed by atoms with Gasteiger partial charge in [-0.25, -0.2) is 4.79 Å². The van der Waals surface area contributed by atoms with Gasteiger partial charge in [0.15, 0.2) is 0 Å². The molecule has 0 unspecified atom stereocenters. The second-order valence-corrected chi connectivity index (χ2v) is 6.22. The standard InChI is InChI=1S/C16H19N3O2/c1-2-12-14-15(20)17-13-6-5-10(9-3-4-9)7-11(13)8-19(14)16(21)18-12/h5-7,9,12,14H,2-4,8H2,1H3,(H,17,20)(H,18,21)/t12-,14-/m0/s1. The van der Waals surface area contributed by atoms with Gasteiger partial charge in [-0.1, -0.05) is 19.1 Å². The van der Waals surface area contributed by atoms with E-state index in [4.69, 9.17) is 0 Å². The summed E-state index contributed by atoms with van der Waals surface area (Å²) in [6.45, 7) is 2.49. The molecule has 2 N–H and O–H groups in total. The minimum absolute atomic E-state index is 0.0851. The monoisotopic (exact) mass is 285 g/mol. The number of benzene rings is 1. The van der Waals surface area contributed by atoms with Crippen molar-refractivity contribution in [3.05, 3.63) is 29.3 Å². The fraction of sp³-hybridized carbons (Fsp3) is 0.500. The van der Waals surface area contributed by atoms with Crippen LogP contribution >= 0.6 is 0 Å². The Labute approximate surface area is 123 Å². The fourth-order valence-electron chi connectivity index (χ4n) is 3.41. The highest BCUT2D eigenvalue weighted by atomic mass is 16.2. The molecule has 110 valence electrons. The van der Waals surface area contributed by atoms with Crippen LogP contribution in [0.5, 0.6) is 0 Å². The van der Waals surface area contributed by atoms with E-state index in [2.05, 4.69) is 22.8 Å². The van der Waals surface area contributed by atoms with Gasteiger partial charge < -0.3 is 15.5 Å². The lowest BCUT2D eigenvalue weighted by atomic mass is 10.0. The van der Waals surface area contributed by atoms with Crippen molar-refractivity contribution >= 4 is 17.6 Å². The highest BCUT2D eigenvalue weighted by molar-refractivity contribution is 6.01. The first-order chi connectivity index (χ1) is 10.2. The average Bonchev–Trinajstić information content (AvgIpc) is 3.27. The molecular formula is C16H19N3O2. The predicted molar refractivity (Wildman–Crippen MR) is 79.0 cm³/mol. The van der Waals surface area contributed by atoms with Crippen LogP contribution in [-0.4, -0.2) is 28.9 Å². The van der Waals surface area contributed by atoms with Crippen molar-refractivity contribution in [1.82, 2.24) is 10.2 Å². The molecule has 2 fully saturated rings. The van der Waals surface area contributed by atoms with E-state index in [9.17, 15) is 9.59 Å². The van der Waals surface area contributed by atoms with E-state index in [0.717, 1.165) is 17.7 Å². The number of urea groups is 1. The summed E-state index contributed by atoms with van der Waals surface area (Å²) < 4.78 is 0. The predicted octanol–water partition coefficient (Wildman–Crippen LogP) is 2.19. The number of carbonyl (C=O) groups excluding carboxylic acids is 2. The molecule has 5 heteroatoms. The van der Waals surface area contributed by atoms with E-state index in [1.165, 1.54) is 18.4 Å². The molecule has 1 aliphatic carbocycles. The van der Waals surface area contributed by atoms with Gasteiger partial charge in [0.25, 0.3) is 0 Å². The van der Waals surface area contributed by atoms with Crippen molar-refractivity contribution in [1.29, 1.82) is 0 Å². The third kappa shape index (κ3) is 1.99. The van der Waals surface area contributed by atoms with Crippen LogP contribution in [0, 0.1) is 0 Å². The number of hydrogen-bond donors (Lipinski definition) is 2. The quantitative estimate of drug-likeness (QED) is 0.875. The number of rotatable bonds is 2. The van der Waals surface area contributed by atoms with E-state index in [-0.39, 0.29) is 18.0 Å². The van der Waals surface area contributed by atoms with Crippen molar-refractivity contribution in [3.63, 3.8) is 0 Å². The molecule has 1 saturated heterocycles. The maximum absolute atomic E-state index is 12.5. The molecule has 3 aliphatic rings. The Hall–Kier alpha value is -2.04. The van der Waals surface area contributed by atoms with Crippen LogP contribution < -0.4 is 10.6 Å². The summed E-state index contributed by atoms with van der Waals surface area (Å²) in [5, 5.41) is 5.90. The molecule has 5 nitrogen and oxygen atoms in total. The molecule has 21 heavy (non-hydrogen) atoms. The number of nitrogens with zero attached hydrogens (tertiary/aromatic N) is 1. The molecule has 0 spiro atoms. The number of hydrogen-bond acceptors (Lipinski definition) is 2. The second-order valence-electron chi connectivity index (χ2n) is 6.22. The molecule has 3 amide bonds. The first-order valence-electron chi connectivity index (χ1n) is 7.68. The molecule has 2 aliphatic heterocycles. The van der Waals surface area contributed by atoms with Gasteiger partial charge in [0, 0.05) is 5.69 Å². The summed E-state index contributed by atoms with van der Waals surface area (Å²) in [7, 11) is 0. The highest BCUT2D eigenvalue weighted by Crippen LogP contribution is 2.41. The summed E-state index contributed by atoms with van der Waals surface area (Å²) in [6, 6.07) is 5.61. The summed E-state index contributed by atoms with van der Waals surface area (Å²) in [4.78, 5) is 26.3. The number of fused-ring (bicyclic) bond motifs is 2. The Morgan fingerprint density at radius 1 is 1.29 bits per heavy atom. The molecule has 2 atom stereocenters. The maximum Gasteiger partial charge on any atom is 0.318 e. The summed E-state index contributed by atoms with van der Waals surface area (Å²) >= 11 is 0. The fourth-order valence-corrected chi connectivity index (χ4v) is 3.41. The SMILES string of the molecule is CC[C@@H]1NC(=O)N2Cc3cc(C4CC4)ccc3NC(=O)[C@H]12. The van der Waals surface area contributed by atoms with Gasteiger partial charge in [0.1, 0.15) is 6.04 Å². The minimum Gasteiger partial charge on any atom is -0.333 e. The lowest BCUT2D eigenvalue weighted by Crippen LogP contribution is -2.44. The smallest absolute Gasteiger partial charge is 0.318 e. The molecule has 2 heterocycles. The molecule has 0 radical (unpaired) electrons.